The van der Waals surface area contributed by atoms with Gasteiger partial charge < -0.3 is 4.55 Å². The summed E-state index contributed by atoms with van der Waals surface area (Å²) < 4.78 is 33.2. The standard InChI is InChI=1S/C20H14N4.C7H8O3S/c1-13-17(14-6-9-21-10-7-14)12-19-20-16(8-11-24(19)23-13)15-4-2-3-5-18(15)22-20;1-6-2-4-7(5-3-6)11(8,9)10/h2-12H,1H3;2-5H,1H3,(H,8,9,10). The van der Waals surface area contributed by atoms with Crippen molar-refractivity contribution in [1.29, 1.82) is 0 Å². The minimum Gasteiger partial charge on any atom is -0.744 e. The summed E-state index contributed by atoms with van der Waals surface area (Å²) in [6.45, 7) is 3.91. The molecule has 0 aliphatic heterocycles. The van der Waals surface area contributed by atoms with Gasteiger partial charge in [0.15, 0.2) is 0 Å². The fourth-order valence-electron chi connectivity index (χ4n) is 4.07. The van der Waals surface area contributed by atoms with Gasteiger partial charge in [-0.05, 0) is 49.7 Å². The molecule has 0 amide bonds. The molecule has 0 aliphatic rings. The van der Waals surface area contributed by atoms with E-state index >= 15 is 0 Å². The van der Waals surface area contributed by atoms with E-state index in [0.717, 1.165) is 38.9 Å². The molecule has 0 spiro atoms. The van der Waals surface area contributed by atoms with Crippen molar-refractivity contribution in [3.63, 3.8) is 0 Å². The maximum atomic E-state index is 10.4. The van der Waals surface area contributed by atoms with Gasteiger partial charge in [-0.2, -0.15) is 5.10 Å². The topological polar surface area (TPSA) is 103 Å². The summed E-state index contributed by atoms with van der Waals surface area (Å²) in [4.78, 5) is 8.79. The van der Waals surface area contributed by atoms with Crippen LogP contribution in [0.15, 0.2) is 96.3 Å². The first kappa shape index (κ1) is 22.6. The molecule has 8 heteroatoms. The van der Waals surface area contributed by atoms with E-state index in [4.69, 9.17) is 4.98 Å². The summed E-state index contributed by atoms with van der Waals surface area (Å²) in [5.41, 5.74) is 7.47. The van der Waals surface area contributed by atoms with Crippen LogP contribution in [-0.4, -0.2) is 28.0 Å². The van der Waals surface area contributed by atoms with Crippen LogP contribution in [0.1, 0.15) is 11.3 Å². The number of hydrogen-bond acceptors (Lipinski definition) is 5. The number of pyridine rings is 2. The number of aromatic nitrogens is 4. The Balaban J connectivity index is 0.000000195. The van der Waals surface area contributed by atoms with Gasteiger partial charge in [0.25, 0.3) is 5.52 Å². The van der Waals surface area contributed by atoms with Crippen molar-refractivity contribution in [1.82, 2.24) is 15.1 Å². The smallest absolute Gasteiger partial charge is 0.262 e. The average Bonchev–Trinajstić information content (AvgIpc) is 3.23. The third kappa shape index (κ3) is 4.49. The molecule has 0 unspecified atom stereocenters. The maximum Gasteiger partial charge on any atom is 0.262 e. The number of rotatable bonds is 2. The molecule has 6 aromatic rings. The third-order valence-corrected chi connectivity index (χ3v) is 6.70. The monoisotopic (exact) mass is 482 g/mol. The van der Waals surface area contributed by atoms with Crippen LogP contribution in [-0.2, 0) is 10.1 Å². The van der Waals surface area contributed by atoms with Gasteiger partial charge in [-0.25, -0.2) is 13.4 Å². The lowest BCUT2D eigenvalue weighted by molar-refractivity contribution is -0.580. The molecule has 0 bridgehead atoms. The predicted octanol–water partition coefficient (Wildman–Crippen LogP) is 4.72. The van der Waals surface area contributed by atoms with Crippen LogP contribution in [0.5, 0.6) is 0 Å². The summed E-state index contributed by atoms with van der Waals surface area (Å²) >= 11 is 0. The lowest BCUT2D eigenvalue weighted by Crippen LogP contribution is -2.27. The molecule has 0 atom stereocenters. The summed E-state index contributed by atoms with van der Waals surface area (Å²) in [5, 5.41) is 5.83. The van der Waals surface area contributed by atoms with Gasteiger partial charge in [-0.1, -0.05) is 40.4 Å². The number of hydrogen-bond donors (Lipinski definition) is 1. The van der Waals surface area contributed by atoms with Crippen LogP contribution in [0.3, 0.4) is 0 Å². The maximum absolute atomic E-state index is 10.4. The molecule has 35 heavy (non-hydrogen) atoms. The van der Waals surface area contributed by atoms with Crippen molar-refractivity contribution in [2.45, 2.75) is 18.7 Å². The van der Waals surface area contributed by atoms with E-state index in [0.29, 0.717) is 0 Å². The fourth-order valence-corrected chi connectivity index (χ4v) is 4.54. The van der Waals surface area contributed by atoms with E-state index in [-0.39, 0.29) is 4.90 Å². The molecule has 0 saturated carbocycles. The van der Waals surface area contributed by atoms with Crippen LogP contribution in [0.25, 0.3) is 38.4 Å². The molecule has 1 N–H and O–H groups in total. The molecule has 0 radical (unpaired) electrons. The largest absolute Gasteiger partial charge is 0.744 e. The minimum atomic E-state index is -4.27. The van der Waals surface area contributed by atoms with Gasteiger partial charge in [0.2, 0.25) is 6.20 Å². The second-order valence-electron chi connectivity index (χ2n) is 8.26. The van der Waals surface area contributed by atoms with Crippen LogP contribution in [0, 0.1) is 13.8 Å². The van der Waals surface area contributed by atoms with Gasteiger partial charge in [-0.15, -0.1) is 0 Å². The molecular formula is C27H22N4O3S. The molecule has 174 valence electrons. The molecule has 4 heterocycles. The molecule has 4 aromatic heterocycles. The number of fused-ring (bicyclic) bond motifs is 5. The lowest BCUT2D eigenvalue weighted by Gasteiger charge is -2.05. The zero-order valence-corrected chi connectivity index (χ0v) is 20.0. The highest BCUT2D eigenvalue weighted by Gasteiger charge is 2.17. The van der Waals surface area contributed by atoms with Gasteiger partial charge in [0, 0.05) is 40.9 Å². The zero-order chi connectivity index (χ0) is 24.6. The Morgan fingerprint density at radius 1 is 0.886 bits per heavy atom. The second kappa shape index (κ2) is 8.90. The number of benzene rings is 2. The molecular weight excluding hydrogens is 460 g/mol. The first-order valence-corrected chi connectivity index (χ1v) is 12.4. The number of aromatic amines is 1. The van der Waals surface area contributed by atoms with Crippen molar-refractivity contribution in [3.8, 4) is 11.1 Å². The normalized spacial score (nSPS) is 11.5. The molecule has 2 aromatic carbocycles. The summed E-state index contributed by atoms with van der Waals surface area (Å²) in [7, 11) is -4.27. The second-order valence-corrected chi connectivity index (χ2v) is 9.64. The van der Waals surface area contributed by atoms with Crippen molar-refractivity contribution >= 4 is 37.4 Å². The van der Waals surface area contributed by atoms with E-state index < -0.39 is 10.1 Å². The molecule has 6 rings (SSSR count). The Hall–Kier alpha value is -4.14. The molecule has 0 saturated heterocycles. The van der Waals surface area contributed by atoms with E-state index in [1.807, 2.05) is 42.0 Å². The Morgan fingerprint density at radius 2 is 1.60 bits per heavy atom. The van der Waals surface area contributed by atoms with Crippen molar-refractivity contribution < 1.29 is 17.5 Å². The van der Waals surface area contributed by atoms with Crippen molar-refractivity contribution in [2.24, 2.45) is 0 Å². The van der Waals surface area contributed by atoms with E-state index in [1.54, 1.807) is 12.1 Å². The minimum absolute atomic E-state index is 0.178. The highest BCUT2D eigenvalue weighted by molar-refractivity contribution is 7.85. The predicted molar refractivity (Wildman–Crippen MR) is 134 cm³/mol. The number of H-pyrrole nitrogens is 1. The van der Waals surface area contributed by atoms with Crippen LogP contribution < -0.4 is 4.52 Å². The number of aryl methyl sites for hydroxylation is 2. The quantitative estimate of drug-likeness (QED) is 0.284. The van der Waals surface area contributed by atoms with E-state index in [1.165, 1.54) is 22.9 Å². The van der Waals surface area contributed by atoms with Crippen molar-refractivity contribution in [3.05, 3.63) is 103 Å². The molecule has 0 aliphatic carbocycles. The van der Waals surface area contributed by atoms with Gasteiger partial charge >= 0.3 is 0 Å². The van der Waals surface area contributed by atoms with Gasteiger partial charge in [0.1, 0.15) is 15.6 Å². The Labute approximate surface area is 202 Å². The Bertz CT molecular complexity index is 1780. The van der Waals surface area contributed by atoms with Crippen LogP contribution >= 0.6 is 0 Å². The zero-order valence-electron chi connectivity index (χ0n) is 19.1. The first-order valence-electron chi connectivity index (χ1n) is 11.0. The Kier molecular flexibility index (Phi) is 5.76. The van der Waals surface area contributed by atoms with E-state index in [2.05, 4.69) is 53.5 Å². The first-order chi connectivity index (χ1) is 16.8. The number of nitrogens with one attached hydrogen (secondary N) is 1. The molecule has 7 nitrogen and oxygen atoms in total. The number of nitrogens with zero attached hydrogens (tertiary/aromatic N) is 3. The van der Waals surface area contributed by atoms with Gasteiger partial charge in [-0.3, -0.25) is 4.98 Å². The Morgan fingerprint density at radius 3 is 2.31 bits per heavy atom. The summed E-state index contributed by atoms with van der Waals surface area (Å²) in [6, 6.07) is 22.5. The fraction of sp³-hybridized carbons (Fsp3) is 0.0741. The molecule has 0 fully saturated rings. The average molecular weight is 483 g/mol. The van der Waals surface area contributed by atoms with Crippen LogP contribution in [0.4, 0.5) is 0 Å². The third-order valence-electron chi connectivity index (χ3n) is 5.85. The van der Waals surface area contributed by atoms with Crippen LogP contribution in [0.2, 0.25) is 0 Å². The number of para-hydroxylation sites is 1. The SMILES string of the molecule is Cc1[nH][n+]2ccc3c4ccccc4nc3c2cc1-c1ccncc1.Cc1ccc(S(=O)(=O)[O-])cc1. The summed E-state index contributed by atoms with van der Waals surface area (Å²) in [6.07, 6.45) is 5.71. The lowest BCUT2D eigenvalue weighted by atomic mass is 10.1. The highest BCUT2D eigenvalue weighted by atomic mass is 32.2. The van der Waals surface area contributed by atoms with E-state index in [9.17, 15) is 13.0 Å². The van der Waals surface area contributed by atoms with Crippen molar-refractivity contribution in [2.75, 3.05) is 0 Å². The highest BCUT2D eigenvalue weighted by Crippen LogP contribution is 2.28. The summed E-state index contributed by atoms with van der Waals surface area (Å²) in [5.74, 6) is 0. The van der Waals surface area contributed by atoms with Gasteiger partial charge in [0.05, 0.1) is 16.1 Å².